The lowest BCUT2D eigenvalue weighted by Crippen LogP contribution is -2.11. The summed E-state index contributed by atoms with van der Waals surface area (Å²) >= 11 is 0. The summed E-state index contributed by atoms with van der Waals surface area (Å²) in [5.41, 5.74) is 1.16. The highest BCUT2D eigenvalue weighted by Gasteiger charge is 2.16. The van der Waals surface area contributed by atoms with Crippen molar-refractivity contribution in [3.8, 4) is 0 Å². The maximum atomic E-state index is 4.48. The number of nitrogens with zero attached hydrogens (tertiary/aromatic N) is 2. The summed E-state index contributed by atoms with van der Waals surface area (Å²) in [6.07, 6.45) is 10.9. The second-order valence-electron chi connectivity index (χ2n) is 4.43. The van der Waals surface area contributed by atoms with E-state index in [2.05, 4.69) is 27.9 Å². The van der Waals surface area contributed by atoms with Gasteiger partial charge in [-0.25, -0.2) is 4.98 Å². The molecule has 1 aliphatic carbocycles. The van der Waals surface area contributed by atoms with Crippen LogP contribution >= 0.6 is 0 Å². The zero-order chi connectivity index (χ0) is 10.1. The van der Waals surface area contributed by atoms with Crippen LogP contribution in [0.4, 0.5) is 0 Å². The van der Waals surface area contributed by atoms with Crippen LogP contribution in [0.1, 0.15) is 38.1 Å². The van der Waals surface area contributed by atoms with Crippen LogP contribution < -0.4 is 0 Å². The Hall–Kier alpha value is -1.31. The summed E-state index contributed by atoms with van der Waals surface area (Å²) in [6, 6.07) is 7.01. The highest BCUT2D eigenvalue weighted by atomic mass is 15.1. The summed E-state index contributed by atoms with van der Waals surface area (Å²) in [7, 11) is 0. The summed E-state index contributed by atoms with van der Waals surface area (Å²) in [6.45, 7) is 0. The normalized spacial score (nSPS) is 18.4. The highest BCUT2D eigenvalue weighted by molar-refractivity contribution is 5.75. The number of hydrogen-bond donors (Lipinski definition) is 0. The molecule has 0 radical (unpaired) electrons. The zero-order valence-corrected chi connectivity index (χ0v) is 8.89. The largest absolute Gasteiger partial charge is 0.329 e. The molecule has 2 nitrogen and oxygen atoms in total. The first kappa shape index (κ1) is 8.96. The van der Waals surface area contributed by atoms with Gasteiger partial charge in [-0.1, -0.05) is 19.3 Å². The van der Waals surface area contributed by atoms with Gasteiger partial charge in [0.2, 0.25) is 0 Å². The molecular weight excluding hydrogens is 184 g/mol. The fraction of sp³-hybridized carbons (Fsp3) is 0.462. The first-order valence-electron chi connectivity index (χ1n) is 5.87. The van der Waals surface area contributed by atoms with Gasteiger partial charge < -0.3 is 4.57 Å². The van der Waals surface area contributed by atoms with E-state index >= 15 is 0 Å². The lowest BCUT2D eigenvalue weighted by Gasteiger charge is -2.23. The van der Waals surface area contributed by atoms with E-state index < -0.39 is 0 Å². The van der Waals surface area contributed by atoms with Crippen LogP contribution in [-0.4, -0.2) is 9.55 Å². The molecule has 15 heavy (non-hydrogen) atoms. The number of pyridine rings is 1. The monoisotopic (exact) mass is 200 g/mol. The van der Waals surface area contributed by atoms with E-state index in [1.807, 2.05) is 12.3 Å². The predicted octanol–water partition coefficient (Wildman–Crippen LogP) is 3.54. The van der Waals surface area contributed by atoms with Crippen molar-refractivity contribution in [3.05, 3.63) is 30.6 Å². The molecule has 2 aromatic heterocycles. The van der Waals surface area contributed by atoms with Gasteiger partial charge >= 0.3 is 0 Å². The Morgan fingerprint density at radius 3 is 2.87 bits per heavy atom. The van der Waals surface area contributed by atoms with Crippen LogP contribution in [0.25, 0.3) is 11.0 Å². The number of fused-ring (bicyclic) bond motifs is 1. The molecule has 2 heteroatoms. The molecule has 0 aromatic carbocycles. The summed E-state index contributed by atoms with van der Waals surface area (Å²) in [5.74, 6) is 0. The lowest BCUT2D eigenvalue weighted by atomic mass is 9.95. The van der Waals surface area contributed by atoms with Crippen LogP contribution in [0.2, 0.25) is 0 Å². The Kier molecular flexibility index (Phi) is 2.20. The van der Waals surface area contributed by atoms with Gasteiger partial charge in [-0.15, -0.1) is 0 Å². The summed E-state index contributed by atoms with van der Waals surface area (Å²) in [4.78, 5) is 4.48. The molecule has 0 atom stereocenters. The maximum Gasteiger partial charge on any atom is 0.140 e. The minimum absolute atomic E-state index is 0.686. The third-order valence-electron chi connectivity index (χ3n) is 3.44. The first-order chi connectivity index (χ1) is 7.45. The average molecular weight is 200 g/mol. The van der Waals surface area contributed by atoms with Crippen molar-refractivity contribution in [1.82, 2.24) is 9.55 Å². The third-order valence-corrected chi connectivity index (χ3v) is 3.44. The number of rotatable bonds is 1. The molecule has 0 spiro atoms. The highest BCUT2D eigenvalue weighted by Crippen LogP contribution is 2.30. The van der Waals surface area contributed by atoms with Crippen LogP contribution in [0.15, 0.2) is 30.6 Å². The third kappa shape index (κ3) is 1.54. The van der Waals surface area contributed by atoms with Gasteiger partial charge in [0.15, 0.2) is 0 Å². The van der Waals surface area contributed by atoms with Crippen LogP contribution in [0, 0.1) is 0 Å². The summed E-state index contributed by atoms with van der Waals surface area (Å²) in [5, 5.41) is 1.27. The van der Waals surface area contributed by atoms with Crippen molar-refractivity contribution in [2.45, 2.75) is 38.1 Å². The van der Waals surface area contributed by atoms with Crippen LogP contribution in [0.3, 0.4) is 0 Å². The van der Waals surface area contributed by atoms with Crippen molar-refractivity contribution >= 4 is 11.0 Å². The van der Waals surface area contributed by atoms with Crippen molar-refractivity contribution in [3.63, 3.8) is 0 Å². The van der Waals surface area contributed by atoms with Gasteiger partial charge in [0.1, 0.15) is 5.65 Å². The van der Waals surface area contributed by atoms with E-state index in [4.69, 9.17) is 0 Å². The van der Waals surface area contributed by atoms with E-state index in [1.165, 1.54) is 37.5 Å². The number of hydrogen-bond acceptors (Lipinski definition) is 1. The van der Waals surface area contributed by atoms with E-state index in [0.29, 0.717) is 6.04 Å². The van der Waals surface area contributed by atoms with E-state index in [1.54, 1.807) is 0 Å². The maximum absolute atomic E-state index is 4.48. The Morgan fingerprint density at radius 2 is 2.00 bits per heavy atom. The second-order valence-corrected chi connectivity index (χ2v) is 4.43. The van der Waals surface area contributed by atoms with Gasteiger partial charge in [0.25, 0.3) is 0 Å². The molecule has 2 aromatic rings. The molecule has 0 bridgehead atoms. The Labute approximate surface area is 89.9 Å². The van der Waals surface area contributed by atoms with Crippen molar-refractivity contribution < 1.29 is 0 Å². The molecule has 1 aliphatic rings. The van der Waals surface area contributed by atoms with Crippen molar-refractivity contribution in [2.75, 3.05) is 0 Å². The molecule has 3 rings (SSSR count). The molecule has 78 valence electrons. The zero-order valence-electron chi connectivity index (χ0n) is 8.89. The van der Waals surface area contributed by atoms with Gasteiger partial charge in [0, 0.05) is 23.8 Å². The average Bonchev–Trinajstić information content (AvgIpc) is 2.74. The molecular formula is C13H16N2. The van der Waals surface area contributed by atoms with E-state index in [-0.39, 0.29) is 0 Å². The van der Waals surface area contributed by atoms with Gasteiger partial charge in [0.05, 0.1) is 0 Å². The fourth-order valence-electron chi connectivity index (χ4n) is 2.64. The second kappa shape index (κ2) is 3.69. The molecule has 0 unspecified atom stereocenters. The van der Waals surface area contributed by atoms with Crippen LogP contribution in [0.5, 0.6) is 0 Å². The minimum Gasteiger partial charge on any atom is -0.329 e. The molecule has 1 fully saturated rings. The topological polar surface area (TPSA) is 17.8 Å². The standard InChI is InChI=1S/C13H16N2/c1-2-6-12(7-3-1)15-10-8-11-5-4-9-14-13(11)15/h4-5,8-10,12H,1-3,6-7H2. The Balaban J connectivity index is 2.02. The fourth-order valence-corrected chi connectivity index (χ4v) is 2.64. The smallest absolute Gasteiger partial charge is 0.140 e. The van der Waals surface area contributed by atoms with E-state index in [0.717, 1.165) is 5.65 Å². The predicted molar refractivity (Wildman–Crippen MR) is 61.9 cm³/mol. The quantitative estimate of drug-likeness (QED) is 0.688. The summed E-state index contributed by atoms with van der Waals surface area (Å²) < 4.78 is 2.37. The minimum atomic E-state index is 0.686. The lowest BCUT2D eigenvalue weighted by molar-refractivity contribution is 0.359. The van der Waals surface area contributed by atoms with E-state index in [9.17, 15) is 0 Å². The Morgan fingerprint density at radius 1 is 1.13 bits per heavy atom. The first-order valence-corrected chi connectivity index (χ1v) is 5.87. The van der Waals surface area contributed by atoms with Crippen molar-refractivity contribution in [1.29, 1.82) is 0 Å². The molecule has 2 heterocycles. The Bertz CT molecular complexity index is 452. The molecule has 0 amide bonds. The van der Waals surface area contributed by atoms with Crippen molar-refractivity contribution in [2.24, 2.45) is 0 Å². The van der Waals surface area contributed by atoms with Gasteiger partial charge in [-0.05, 0) is 31.0 Å². The number of aromatic nitrogens is 2. The van der Waals surface area contributed by atoms with Crippen LogP contribution in [-0.2, 0) is 0 Å². The SMILES string of the molecule is c1cnc2c(c1)ccn2C1CCCCC1. The van der Waals surface area contributed by atoms with Gasteiger partial charge in [-0.3, -0.25) is 0 Å². The molecule has 0 aliphatic heterocycles. The molecule has 0 N–H and O–H groups in total. The molecule has 1 saturated carbocycles. The molecule has 0 saturated heterocycles. The van der Waals surface area contributed by atoms with Gasteiger partial charge in [-0.2, -0.15) is 0 Å².